The summed E-state index contributed by atoms with van der Waals surface area (Å²) in [5, 5.41) is 9.67. The molecular weight excluding hydrogens is 243 g/mol. The van der Waals surface area contributed by atoms with Crippen molar-refractivity contribution in [2.24, 2.45) is 0 Å². The molecule has 0 saturated heterocycles. The van der Waals surface area contributed by atoms with Gasteiger partial charge in [-0.3, -0.25) is 4.79 Å². The molecule has 1 fully saturated rings. The quantitative estimate of drug-likeness (QED) is 0.852. The van der Waals surface area contributed by atoms with Gasteiger partial charge in [0.2, 0.25) is 0 Å². The lowest BCUT2D eigenvalue weighted by Gasteiger charge is -2.14. The number of nitriles is 1. The van der Waals surface area contributed by atoms with Crippen LogP contribution in [0.15, 0.2) is 16.9 Å². The Morgan fingerprint density at radius 3 is 2.68 bits per heavy atom. The number of aromatic amines is 1. The van der Waals surface area contributed by atoms with Crippen molar-refractivity contribution >= 4 is 10.9 Å². The highest BCUT2D eigenvalue weighted by atomic mass is 19.1. The largest absolute Gasteiger partial charge is 0.322 e. The maximum Gasteiger partial charge on any atom is 0.252 e. The molecule has 0 unspecified atom stereocenters. The van der Waals surface area contributed by atoms with Gasteiger partial charge in [-0.05, 0) is 42.9 Å². The minimum absolute atomic E-state index is 0.0109. The molecule has 96 valence electrons. The SMILES string of the molecule is Cc1c(C2(C)CC2)c(=O)[nH]c2ccc(F)c(C#N)c12. The van der Waals surface area contributed by atoms with Crippen molar-refractivity contribution in [2.75, 3.05) is 0 Å². The number of hydrogen-bond donors (Lipinski definition) is 1. The van der Waals surface area contributed by atoms with E-state index in [1.165, 1.54) is 12.1 Å². The Hall–Kier alpha value is -2.15. The zero-order valence-electron chi connectivity index (χ0n) is 10.8. The first-order valence-electron chi connectivity index (χ1n) is 6.23. The summed E-state index contributed by atoms with van der Waals surface area (Å²) in [7, 11) is 0. The van der Waals surface area contributed by atoms with Crippen molar-refractivity contribution < 1.29 is 4.39 Å². The second kappa shape index (κ2) is 3.67. The molecule has 3 nitrogen and oxygen atoms in total. The van der Waals surface area contributed by atoms with Crippen LogP contribution >= 0.6 is 0 Å². The van der Waals surface area contributed by atoms with Crippen LogP contribution in [-0.4, -0.2) is 4.98 Å². The molecule has 1 saturated carbocycles. The van der Waals surface area contributed by atoms with Gasteiger partial charge in [0.05, 0.1) is 11.1 Å². The minimum atomic E-state index is -0.544. The fraction of sp³-hybridized carbons (Fsp3) is 0.333. The summed E-state index contributed by atoms with van der Waals surface area (Å²) in [4.78, 5) is 15.0. The third-order valence-electron chi connectivity index (χ3n) is 4.10. The number of hydrogen-bond acceptors (Lipinski definition) is 2. The van der Waals surface area contributed by atoms with E-state index in [4.69, 9.17) is 5.26 Å². The summed E-state index contributed by atoms with van der Waals surface area (Å²) in [6, 6.07) is 4.63. The summed E-state index contributed by atoms with van der Waals surface area (Å²) < 4.78 is 13.7. The third-order valence-corrected chi connectivity index (χ3v) is 4.10. The van der Waals surface area contributed by atoms with Crippen molar-refractivity contribution in [3.05, 3.63) is 45.0 Å². The van der Waals surface area contributed by atoms with Crippen molar-refractivity contribution in [3.63, 3.8) is 0 Å². The van der Waals surface area contributed by atoms with Gasteiger partial charge in [0.15, 0.2) is 0 Å². The van der Waals surface area contributed by atoms with Gasteiger partial charge < -0.3 is 4.98 Å². The number of benzene rings is 1. The molecule has 1 aromatic heterocycles. The monoisotopic (exact) mass is 256 g/mol. The second-order valence-corrected chi connectivity index (χ2v) is 5.47. The summed E-state index contributed by atoms with van der Waals surface area (Å²) in [6.07, 6.45) is 1.92. The van der Waals surface area contributed by atoms with Crippen LogP contribution in [-0.2, 0) is 5.41 Å². The number of aromatic nitrogens is 1. The Morgan fingerprint density at radius 1 is 1.42 bits per heavy atom. The first kappa shape index (κ1) is 11.9. The van der Waals surface area contributed by atoms with Crippen molar-refractivity contribution in [1.82, 2.24) is 4.98 Å². The first-order valence-corrected chi connectivity index (χ1v) is 6.23. The van der Waals surface area contributed by atoms with Crippen LogP contribution in [0.4, 0.5) is 4.39 Å². The number of pyridine rings is 1. The molecule has 1 aromatic carbocycles. The molecule has 4 heteroatoms. The van der Waals surface area contributed by atoms with Crippen LogP contribution in [0.1, 0.15) is 36.5 Å². The van der Waals surface area contributed by atoms with E-state index in [0.29, 0.717) is 16.5 Å². The van der Waals surface area contributed by atoms with E-state index in [2.05, 4.69) is 4.98 Å². The lowest BCUT2D eigenvalue weighted by atomic mass is 9.91. The highest BCUT2D eigenvalue weighted by molar-refractivity contribution is 5.89. The molecule has 1 aliphatic rings. The van der Waals surface area contributed by atoms with E-state index >= 15 is 0 Å². The molecule has 19 heavy (non-hydrogen) atoms. The van der Waals surface area contributed by atoms with E-state index in [1.54, 1.807) is 6.92 Å². The van der Waals surface area contributed by atoms with Crippen LogP contribution in [0.3, 0.4) is 0 Å². The van der Waals surface area contributed by atoms with E-state index in [9.17, 15) is 9.18 Å². The van der Waals surface area contributed by atoms with Gasteiger partial charge in [0.1, 0.15) is 11.9 Å². The molecule has 1 heterocycles. The summed E-state index contributed by atoms with van der Waals surface area (Å²) in [6.45, 7) is 3.83. The summed E-state index contributed by atoms with van der Waals surface area (Å²) in [5.74, 6) is -0.544. The average Bonchev–Trinajstić information content (AvgIpc) is 3.08. The molecule has 0 amide bonds. The summed E-state index contributed by atoms with van der Waals surface area (Å²) >= 11 is 0. The molecule has 0 atom stereocenters. The van der Waals surface area contributed by atoms with Gasteiger partial charge in [-0.1, -0.05) is 6.92 Å². The molecule has 1 aliphatic carbocycles. The number of fused-ring (bicyclic) bond motifs is 1. The number of halogens is 1. The molecule has 1 N–H and O–H groups in total. The summed E-state index contributed by atoms with van der Waals surface area (Å²) in [5.41, 5.74) is 1.72. The Bertz CT molecular complexity index is 794. The zero-order valence-corrected chi connectivity index (χ0v) is 10.8. The molecule has 3 rings (SSSR count). The predicted octanol–water partition coefficient (Wildman–Crippen LogP) is 2.90. The van der Waals surface area contributed by atoms with E-state index in [1.807, 2.05) is 13.0 Å². The molecule has 0 radical (unpaired) electrons. The van der Waals surface area contributed by atoms with Crippen LogP contribution in [0.5, 0.6) is 0 Å². The van der Waals surface area contributed by atoms with Crippen LogP contribution in [0.2, 0.25) is 0 Å². The fourth-order valence-corrected chi connectivity index (χ4v) is 2.82. The Labute approximate surface area is 109 Å². The fourth-order valence-electron chi connectivity index (χ4n) is 2.82. The molecule has 0 spiro atoms. The third kappa shape index (κ3) is 1.58. The normalized spacial score (nSPS) is 16.3. The average molecular weight is 256 g/mol. The number of H-pyrrole nitrogens is 1. The minimum Gasteiger partial charge on any atom is -0.322 e. The maximum absolute atomic E-state index is 13.7. The zero-order chi connectivity index (χ0) is 13.8. The number of nitrogens with one attached hydrogen (secondary N) is 1. The van der Waals surface area contributed by atoms with Gasteiger partial charge in [0.25, 0.3) is 5.56 Å². The highest BCUT2D eigenvalue weighted by Gasteiger charge is 2.42. The predicted molar refractivity (Wildman–Crippen MR) is 70.6 cm³/mol. The van der Waals surface area contributed by atoms with Gasteiger partial charge >= 0.3 is 0 Å². The molecule has 0 bridgehead atoms. The molecule has 2 aromatic rings. The number of nitrogens with zero attached hydrogens (tertiary/aromatic N) is 1. The molecule has 0 aliphatic heterocycles. The van der Waals surface area contributed by atoms with Crippen molar-refractivity contribution in [3.8, 4) is 6.07 Å². The number of rotatable bonds is 1. The standard InChI is InChI=1S/C15H13FN2O/c1-8-12-9(7-17)10(16)3-4-11(12)18-14(19)13(8)15(2)5-6-15/h3-4H,5-6H2,1-2H3,(H,18,19). The maximum atomic E-state index is 13.7. The smallest absolute Gasteiger partial charge is 0.252 e. The van der Waals surface area contributed by atoms with Gasteiger partial charge in [0, 0.05) is 10.9 Å². The van der Waals surface area contributed by atoms with E-state index in [-0.39, 0.29) is 16.5 Å². The molecular formula is C15H13FN2O. The van der Waals surface area contributed by atoms with Gasteiger partial charge in [-0.25, -0.2) is 4.39 Å². The van der Waals surface area contributed by atoms with Gasteiger partial charge in [-0.2, -0.15) is 5.26 Å². The Kier molecular flexibility index (Phi) is 2.30. The van der Waals surface area contributed by atoms with Crippen LogP contribution < -0.4 is 5.56 Å². The Balaban J connectivity index is 2.50. The lowest BCUT2D eigenvalue weighted by Crippen LogP contribution is -2.21. The van der Waals surface area contributed by atoms with Gasteiger partial charge in [-0.15, -0.1) is 0 Å². The Morgan fingerprint density at radius 2 is 2.11 bits per heavy atom. The van der Waals surface area contributed by atoms with Crippen molar-refractivity contribution in [2.45, 2.75) is 32.1 Å². The lowest BCUT2D eigenvalue weighted by molar-refractivity contribution is 0.625. The second-order valence-electron chi connectivity index (χ2n) is 5.47. The van der Waals surface area contributed by atoms with Crippen LogP contribution in [0.25, 0.3) is 10.9 Å². The van der Waals surface area contributed by atoms with E-state index < -0.39 is 5.82 Å². The van der Waals surface area contributed by atoms with Crippen molar-refractivity contribution in [1.29, 1.82) is 5.26 Å². The highest BCUT2D eigenvalue weighted by Crippen LogP contribution is 2.48. The van der Waals surface area contributed by atoms with E-state index in [0.717, 1.165) is 18.4 Å². The first-order chi connectivity index (χ1) is 8.98. The topological polar surface area (TPSA) is 56.6 Å². The van der Waals surface area contributed by atoms with Crippen LogP contribution in [0, 0.1) is 24.1 Å². The number of aryl methyl sites for hydroxylation is 1.